The lowest BCUT2D eigenvalue weighted by molar-refractivity contribution is -0.124. The Bertz CT molecular complexity index is 255. The number of rotatable bonds is 0. The zero-order chi connectivity index (χ0) is 13.1. The maximum Gasteiger partial charge on any atom is 0.227 e. The van der Waals surface area contributed by atoms with E-state index in [9.17, 15) is 4.79 Å². The third-order valence-corrected chi connectivity index (χ3v) is 2.07. The maximum atomic E-state index is 11.2. The molecule has 3 heteroatoms. The Labute approximate surface area is 99.8 Å². The molecule has 0 saturated carbocycles. The summed E-state index contributed by atoms with van der Waals surface area (Å²) in [6.45, 7) is 11.8. The highest BCUT2D eigenvalue weighted by atomic mass is 16.1. The number of carbonyl (C=O) groups excluding carboxylic acids is 1. The van der Waals surface area contributed by atoms with Crippen molar-refractivity contribution >= 4 is 5.91 Å². The van der Waals surface area contributed by atoms with Crippen LogP contribution in [0.2, 0.25) is 0 Å². The first-order valence-corrected chi connectivity index (χ1v) is 6.07. The topological polar surface area (TPSA) is 55.1 Å². The van der Waals surface area contributed by atoms with Gasteiger partial charge in [0, 0.05) is 11.6 Å². The molecule has 0 aromatic carbocycles. The van der Waals surface area contributed by atoms with Crippen molar-refractivity contribution in [3.05, 3.63) is 23.5 Å². The van der Waals surface area contributed by atoms with Crippen LogP contribution in [0.3, 0.4) is 0 Å². The molecule has 1 fully saturated rings. The van der Waals surface area contributed by atoms with Crippen molar-refractivity contribution in [2.24, 2.45) is 11.7 Å². The van der Waals surface area contributed by atoms with Gasteiger partial charge in [-0.2, -0.15) is 0 Å². The average molecular weight is 226 g/mol. The van der Waals surface area contributed by atoms with Gasteiger partial charge < -0.3 is 11.1 Å². The fourth-order valence-electron chi connectivity index (χ4n) is 1.28. The van der Waals surface area contributed by atoms with Gasteiger partial charge in [0.25, 0.3) is 0 Å². The first-order valence-electron chi connectivity index (χ1n) is 6.07. The SMILES string of the molecule is C/C=C1/NC(=O)C(C)C/C1=C/N.CC.CC. The molecule has 1 atom stereocenters. The summed E-state index contributed by atoms with van der Waals surface area (Å²) in [5.74, 6) is 0.109. The van der Waals surface area contributed by atoms with Crippen LogP contribution >= 0.6 is 0 Å². The Balaban J connectivity index is 0. The van der Waals surface area contributed by atoms with E-state index < -0.39 is 0 Å². The lowest BCUT2D eigenvalue weighted by atomic mass is 9.94. The van der Waals surface area contributed by atoms with Crippen molar-refractivity contribution in [3.8, 4) is 0 Å². The fraction of sp³-hybridized carbons (Fsp3) is 0.615. The van der Waals surface area contributed by atoms with Crippen LogP contribution in [-0.2, 0) is 4.79 Å². The Morgan fingerprint density at radius 3 is 2.19 bits per heavy atom. The fourth-order valence-corrected chi connectivity index (χ4v) is 1.28. The lowest BCUT2D eigenvalue weighted by Gasteiger charge is -2.23. The van der Waals surface area contributed by atoms with Gasteiger partial charge in [0.1, 0.15) is 0 Å². The molecule has 1 rings (SSSR count). The Hall–Kier alpha value is -1.25. The lowest BCUT2D eigenvalue weighted by Crippen LogP contribution is -2.35. The molecule has 1 aliphatic rings. The van der Waals surface area contributed by atoms with Crippen molar-refractivity contribution in [2.75, 3.05) is 0 Å². The predicted octanol–water partition coefficient (Wildman–Crippen LogP) is 2.94. The van der Waals surface area contributed by atoms with Crippen LogP contribution < -0.4 is 11.1 Å². The molecule has 0 spiro atoms. The summed E-state index contributed by atoms with van der Waals surface area (Å²) in [7, 11) is 0. The van der Waals surface area contributed by atoms with Crippen LogP contribution in [0.15, 0.2) is 23.5 Å². The van der Waals surface area contributed by atoms with Crippen molar-refractivity contribution in [1.29, 1.82) is 0 Å². The molecule has 1 heterocycles. The summed E-state index contributed by atoms with van der Waals surface area (Å²) in [4.78, 5) is 11.2. The molecule has 1 amide bonds. The van der Waals surface area contributed by atoms with E-state index in [0.717, 1.165) is 17.7 Å². The number of nitrogens with two attached hydrogens (primary N) is 1. The zero-order valence-electron chi connectivity index (χ0n) is 11.4. The van der Waals surface area contributed by atoms with Crippen LogP contribution in [0.25, 0.3) is 0 Å². The van der Waals surface area contributed by atoms with Crippen LogP contribution in [0.4, 0.5) is 0 Å². The summed E-state index contributed by atoms with van der Waals surface area (Å²) in [6.07, 6.45) is 4.16. The molecule has 0 aromatic rings. The minimum Gasteiger partial charge on any atom is -0.404 e. The van der Waals surface area contributed by atoms with Crippen molar-refractivity contribution < 1.29 is 4.79 Å². The second kappa shape index (κ2) is 10.3. The van der Waals surface area contributed by atoms with Gasteiger partial charge in [0.15, 0.2) is 0 Å². The molecule has 3 N–H and O–H groups in total. The third-order valence-electron chi connectivity index (χ3n) is 2.07. The van der Waals surface area contributed by atoms with Crippen molar-refractivity contribution in [3.63, 3.8) is 0 Å². The molecule has 1 saturated heterocycles. The van der Waals surface area contributed by atoms with Crippen LogP contribution in [0, 0.1) is 5.92 Å². The highest BCUT2D eigenvalue weighted by Crippen LogP contribution is 2.22. The number of piperidine rings is 1. The van der Waals surface area contributed by atoms with Gasteiger partial charge in [-0.1, -0.05) is 40.7 Å². The summed E-state index contributed by atoms with van der Waals surface area (Å²) in [6, 6.07) is 0. The van der Waals surface area contributed by atoms with Gasteiger partial charge in [-0.05, 0) is 25.1 Å². The number of hydrogen-bond acceptors (Lipinski definition) is 2. The van der Waals surface area contributed by atoms with E-state index >= 15 is 0 Å². The molecule has 1 aliphatic heterocycles. The van der Waals surface area contributed by atoms with Crippen LogP contribution in [0.5, 0.6) is 0 Å². The molecule has 16 heavy (non-hydrogen) atoms. The van der Waals surface area contributed by atoms with Crippen LogP contribution in [-0.4, -0.2) is 5.91 Å². The van der Waals surface area contributed by atoms with E-state index in [1.165, 1.54) is 0 Å². The minimum atomic E-state index is 0.0310. The van der Waals surface area contributed by atoms with Gasteiger partial charge in [-0.15, -0.1) is 0 Å². The van der Waals surface area contributed by atoms with Gasteiger partial charge in [0.2, 0.25) is 5.91 Å². The first-order chi connectivity index (χ1) is 7.69. The van der Waals surface area contributed by atoms with E-state index in [0.29, 0.717) is 0 Å². The number of amides is 1. The molecule has 0 bridgehead atoms. The molecule has 0 radical (unpaired) electrons. The maximum absolute atomic E-state index is 11.2. The highest BCUT2D eigenvalue weighted by molar-refractivity contribution is 5.83. The highest BCUT2D eigenvalue weighted by Gasteiger charge is 2.23. The number of hydrogen-bond donors (Lipinski definition) is 2. The summed E-state index contributed by atoms with van der Waals surface area (Å²) in [5.41, 5.74) is 7.29. The summed E-state index contributed by atoms with van der Waals surface area (Å²) in [5, 5.41) is 2.79. The predicted molar refractivity (Wildman–Crippen MR) is 70.6 cm³/mol. The third kappa shape index (κ3) is 5.01. The second-order valence-electron chi connectivity index (χ2n) is 2.99. The second-order valence-corrected chi connectivity index (χ2v) is 2.99. The van der Waals surface area contributed by atoms with Crippen molar-refractivity contribution in [1.82, 2.24) is 5.32 Å². The molecule has 3 nitrogen and oxygen atoms in total. The zero-order valence-corrected chi connectivity index (χ0v) is 11.4. The number of carbonyl (C=O) groups is 1. The van der Waals surface area contributed by atoms with Gasteiger partial charge in [-0.25, -0.2) is 0 Å². The van der Waals surface area contributed by atoms with Gasteiger partial charge in [-0.3, -0.25) is 4.79 Å². The van der Waals surface area contributed by atoms with E-state index in [1.807, 2.05) is 47.6 Å². The molecule has 1 unspecified atom stereocenters. The largest absolute Gasteiger partial charge is 0.404 e. The molecule has 0 aliphatic carbocycles. The molecular weight excluding hydrogens is 200 g/mol. The van der Waals surface area contributed by atoms with E-state index in [4.69, 9.17) is 5.73 Å². The smallest absolute Gasteiger partial charge is 0.227 e. The van der Waals surface area contributed by atoms with Crippen molar-refractivity contribution in [2.45, 2.75) is 48.0 Å². The Kier molecular flexibility index (Phi) is 11.0. The molecule has 94 valence electrons. The van der Waals surface area contributed by atoms with Gasteiger partial charge in [0.05, 0.1) is 0 Å². The van der Waals surface area contributed by atoms with Gasteiger partial charge >= 0.3 is 0 Å². The standard InChI is InChI=1S/C9H14N2O.2C2H6/c1-3-8-7(5-10)4-6(2)9(12)11-8;2*1-2/h3,5-6H,4,10H2,1-2H3,(H,11,12);2*1-2H3/b7-5-,8-3+;;. The summed E-state index contributed by atoms with van der Waals surface area (Å²) < 4.78 is 0. The minimum absolute atomic E-state index is 0.0310. The summed E-state index contributed by atoms with van der Waals surface area (Å²) >= 11 is 0. The number of allylic oxidation sites excluding steroid dienone is 2. The monoisotopic (exact) mass is 226 g/mol. The molecular formula is C13H26N2O. The van der Waals surface area contributed by atoms with E-state index in [1.54, 1.807) is 6.20 Å². The number of nitrogens with one attached hydrogen (secondary N) is 1. The average Bonchev–Trinajstić information content (AvgIpc) is 2.37. The quantitative estimate of drug-likeness (QED) is 0.667. The normalized spacial score (nSPS) is 23.9. The van der Waals surface area contributed by atoms with E-state index in [-0.39, 0.29) is 11.8 Å². The van der Waals surface area contributed by atoms with E-state index in [2.05, 4.69) is 5.32 Å². The Morgan fingerprint density at radius 2 is 1.81 bits per heavy atom. The van der Waals surface area contributed by atoms with Crippen LogP contribution in [0.1, 0.15) is 48.0 Å². The molecule has 0 aromatic heterocycles. The Morgan fingerprint density at radius 1 is 1.31 bits per heavy atom. The first kappa shape index (κ1) is 17.2.